The topological polar surface area (TPSA) is 66.2 Å². The number of allylic oxidation sites excluding steroid dienone is 1. The number of hydrogen-bond donors (Lipinski definition) is 1. The lowest BCUT2D eigenvalue weighted by atomic mass is 10.00. The number of benzene rings is 1. The zero-order valence-electron chi connectivity index (χ0n) is 16.7. The van der Waals surface area contributed by atoms with E-state index in [1.165, 1.54) is 23.5 Å². The van der Waals surface area contributed by atoms with E-state index in [4.69, 9.17) is 11.3 Å². The number of halogens is 1. The van der Waals surface area contributed by atoms with Crippen molar-refractivity contribution in [3.05, 3.63) is 46.7 Å². The number of nitrogens with one attached hydrogen (secondary N) is 1. The molecule has 1 N–H and O–H groups in total. The molecule has 1 aromatic rings. The summed E-state index contributed by atoms with van der Waals surface area (Å²) in [7, 11) is 0. The summed E-state index contributed by atoms with van der Waals surface area (Å²) in [6.07, 6.45) is 1.24. The van der Waals surface area contributed by atoms with Crippen LogP contribution in [0.2, 0.25) is 0 Å². The molecule has 2 heterocycles. The molecule has 1 atom stereocenters. The Bertz CT molecular complexity index is 867. The van der Waals surface area contributed by atoms with E-state index < -0.39 is 18.0 Å². The molecule has 2 aliphatic heterocycles. The van der Waals surface area contributed by atoms with Gasteiger partial charge in [-0.05, 0) is 37.5 Å². The molecular formula is C21H25FN4O3. The Labute approximate surface area is 169 Å². The SMILES string of the molecule is [C-]#[N+]C(CC)=C1CCN(c2ccc(N3C[C@H](CNC(C)=O)OC3=O)cc2F)CC1. The maximum atomic E-state index is 14.8. The van der Waals surface area contributed by atoms with Crippen LogP contribution in [0.15, 0.2) is 29.5 Å². The first-order chi connectivity index (χ1) is 13.9. The number of nitrogens with zero attached hydrogens (tertiary/aromatic N) is 3. The summed E-state index contributed by atoms with van der Waals surface area (Å²) in [6, 6.07) is 4.74. The highest BCUT2D eigenvalue weighted by molar-refractivity contribution is 5.90. The second-order valence-electron chi connectivity index (χ2n) is 7.19. The average molecular weight is 400 g/mol. The van der Waals surface area contributed by atoms with Crippen molar-refractivity contribution >= 4 is 23.4 Å². The van der Waals surface area contributed by atoms with Crippen molar-refractivity contribution in [2.75, 3.05) is 36.0 Å². The Morgan fingerprint density at radius 1 is 1.38 bits per heavy atom. The Hall–Kier alpha value is -3.08. The van der Waals surface area contributed by atoms with Gasteiger partial charge in [-0.2, -0.15) is 0 Å². The molecule has 2 saturated heterocycles. The van der Waals surface area contributed by atoms with Crippen molar-refractivity contribution in [1.29, 1.82) is 0 Å². The zero-order chi connectivity index (χ0) is 21.0. The number of amides is 2. The van der Waals surface area contributed by atoms with E-state index in [1.54, 1.807) is 12.1 Å². The molecule has 3 rings (SSSR count). The molecular weight excluding hydrogens is 375 g/mol. The van der Waals surface area contributed by atoms with Crippen LogP contribution in [0.25, 0.3) is 4.85 Å². The third-order valence-corrected chi connectivity index (χ3v) is 5.28. The van der Waals surface area contributed by atoms with Crippen molar-refractivity contribution in [3.63, 3.8) is 0 Å². The number of cyclic esters (lactones) is 1. The average Bonchev–Trinajstić information content (AvgIpc) is 3.08. The zero-order valence-corrected chi connectivity index (χ0v) is 16.7. The van der Waals surface area contributed by atoms with Crippen molar-refractivity contribution in [2.24, 2.45) is 0 Å². The third-order valence-electron chi connectivity index (χ3n) is 5.28. The second kappa shape index (κ2) is 8.95. The van der Waals surface area contributed by atoms with Crippen LogP contribution in [0, 0.1) is 12.4 Å². The van der Waals surface area contributed by atoms with Crippen LogP contribution >= 0.6 is 0 Å². The molecule has 0 aliphatic carbocycles. The van der Waals surface area contributed by atoms with Gasteiger partial charge in [0.2, 0.25) is 5.91 Å². The molecule has 0 radical (unpaired) electrons. The molecule has 0 spiro atoms. The van der Waals surface area contributed by atoms with Crippen LogP contribution in [-0.4, -0.2) is 44.3 Å². The van der Waals surface area contributed by atoms with Crippen LogP contribution < -0.4 is 15.1 Å². The normalized spacial score (nSPS) is 19.0. The number of anilines is 2. The van der Waals surface area contributed by atoms with E-state index >= 15 is 0 Å². The lowest BCUT2D eigenvalue weighted by Gasteiger charge is -2.31. The quantitative estimate of drug-likeness (QED) is 0.769. The summed E-state index contributed by atoms with van der Waals surface area (Å²) < 4.78 is 20.0. The van der Waals surface area contributed by atoms with Gasteiger partial charge in [-0.1, -0.05) is 12.5 Å². The molecule has 0 bridgehead atoms. The van der Waals surface area contributed by atoms with Crippen molar-refractivity contribution in [3.8, 4) is 0 Å². The van der Waals surface area contributed by atoms with Crippen molar-refractivity contribution in [2.45, 2.75) is 39.2 Å². The van der Waals surface area contributed by atoms with E-state index in [0.717, 1.165) is 25.0 Å². The molecule has 0 saturated carbocycles. The number of rotatable bonds is 5. The molecule has 2 aliphatic rings. The first-order valence-corrected chi connectivity index (χ1v) is 9.78. The Morgan fingerprint density at radius 3 is 2.69 bits per heavy atom. The Kier molecular flexibility index (Phi) is 6.37. The highest BCUT2D eigenvalue weighted by Gasteiger charge is 2.33. The van der Waals surface area contributed by atoms with Gasteiger partial charge in [-0.3, -0.25) is 9.69 Å². The van der Waals surface area contributed by atoms with Crippen LogP contribution in [-0.2, 0) is 9.53 Å². The van der Waals surface area contributed by atoms with Gasteiger partial charge in [0, 0.05) is 20.0 Å². The van der Waals surface area contributed by atoms with Crippen molar-refractivity contribution < 1.29 is 18.7 Å². The summed E-state index contributed by atoms with van der Waals surface area (Å²) in [5, 5.41) is 2.62. The van der Waals surface area contributed by atoms with E-state index in [2.05, 4.69) is 10.2 Å². The van der Waals surface area contributed by atoms with Gasteiger partial charge < -0.3 is 15.0 Å². The predicted molar refractivity (Wildman–Crippen MR) is 108 cm³/mol. The summed E-state index contributed by atoms with van der Waals surface area (Å²) in [5.41, 5.74) is 2.92. The molecule has 1 aromatic carbocycles. The minimum absolute atomic E-state index is 0.197. The fourth-order valence-corrected chi connectivity index (χ4v) is 3.73. The van der Waals surface area contributed by atoms with Gasteiger partial charge in [0.25, 0.3) is 0 Å². The fraction of sp³-hybridized carbons (Fsp3) is 0.476. The van der Waals surface area contributed by atoms with E-state index in [-0.39, 0.29) is 19.0 Å². The van der Waals surface area contributed by atoms with Gasteiger partial charge in [-0.25, -0.2) is 14.0 Å². The number of piperidine rings is 1. The summed E-state index contributed by atoms with van der Waals surface area (Å²) in [6.45, 7) is 12.4. The standard InChI is InChI=1S/C21H25FN4O3/c1-4-19(23-3)15-7-9-25(10-8-15)20-6-5-16(11-18(20)22)26-13-17(29-21(26)28)12-24-14(2)27/h5-6,11,17H,4,7-10,12-13H2,1-2H3,(H,24,27)/t17-/m0/s1. The fourth-order valence-electron chi connectivity index (χ4n) is 3.73. The first-order valence-electron chi connectivity index (χ1n) is 9.78. The van der Waals surface area contributed by atoms with E-state index in [0.29, 0.717) is 24.5 Å². The molecule has 0 unspecified atom stereocenters. The van der Waals surface area contributed by atoms with Crippen LogP contribution in [0.1, 0.15) is 33.1 Å². The molecule has 2 amide bonds. The van der Waals surface area contributed by atoms with Gasteiger partial charge >= 0.3 is 6.09 Å². The smallest absolute Gasteiger partial charge is 0.414 e. The first kappa shape index (κ1) is 20.6. The van der Waals surface area contributed by atoms with E-state index in [9.17, 15) is 14.0 Å². The van der Waals surface area contributed by atoms with Crippen LogP contribution in [0.3, 0.4) is 0 Å². The largest absolute Gasteiger partial charge is 0.442 e. The Morgan fingerprint density at radius 2 is 2.10 bits per heavy atom. The Balaban J connectivity index is 1.67. The highest BCUT2D eigenvalue weighted by Crippen LogP contribution is 2.31. The number of hydrogen-bond acceptors (Lipinski definition) is 4. The van der Waals surface area contributed by atoms with E-state index in [1.807, 2.05) is 11.8 Å². The third kappa shape index (κ3) is 4.67. The minimum atomic E-state index is -0.550. The predicted octanol–water partition coefficient (Wildman–Crippen LogP) is 3.47. The molecule has 2 fully saturated rings. The highest BCUT2D eigenvalue weighted by atomic mass is 19.1. The molecule has 154 valence electrons. The van der Waals surface area contributed by atoms with Crippen LogP contribution in [0.4, 0.5) is 20.6 Å². The molecule has 29 heavy (non-hydrogen) atoms. The molecule has 8 heteroatoms. The minimum Gasteiger partial charge on any atom is -0.442 e. The maximum Gasteiger partial charge on any atom is 0.414 e. The summed E-state index contributed by atoms with van der Waals surface area (Å²) in [4.78, 5) is 30.1. The second-order valence-corrected chi connectivity index (χ2v) is 7.19. The number of ether oxygens (including phenoxy) is 1. The lowest BCUT2D eigenvalue weighted by Crippen LogP contribution is -2.33. The monoisotopic (exact) mass is 400 g/mol. The number of carbonyl (C=O) groups excluding carboxylic acids is 2. The maximum absolute atomic E-state index is 14.8. The number of carbonyl (C=O) groups is 2. The van der Waals surface area contributed by atoms with Crippen molar-refractivity contribution in [1.82, 2.24) is 5.32 Å². The van der Waals surface area contributed by atoms with Gasteiger partial charge in [0.05, 0.1) is 31.0 Å². The van der Waals surface area contributed by atoms with Gasteiger partial charge in [0.1, 0.15) is 11.9 Å². The molecule has 7 nitrogen and oxygen atoms in total. The molecule has 0 aromatic heterocycles. The summed E-state index contributed by atoms with van der Waals surface area (Å²) in [5.74, 6) is -0.592. The van der Waals surface area contributed by atoms with Gasteiger partial charge in [0.15, 0.2) is 5.70 Å². The van der Waals surface area contributed by atoms with Gasteiger partial charge in [-0.15, -0.1) is 0 Å². The lowest BCUT2D eigenvalue weighted by molar-refractivity contribution is -0.119. The summed E-state index contributed by atoms with van der Waals surface area (Å²) >= 11 is 0. The van der Waals surface area contributed by atoms with Crippen LogP contribution in [0.5, 0.6) is 0 Å².